The number of ketones is 2. The first kappa shape index (κ1) is 36.6. The predicted octanol–water partition coefficient (Wildman–Crippen LogP) is 7.64. The minimum atomic E-state index is -1.16. The molecule has 4 heteroatoms. The maximum absolute atomic E-state index is 12.2. The summed E-state index contributed by atoms with van der Waals surface area (Å²) in [5.74, 6) is -0.575. The van der Waals surface area contributed by atoms with E-state index < -0.39 is 12.2 Å². The van der Waals surface area contributed by atoms with Crippen molar-refractivity contribution >= 4 is 11.6 Å². The van der Waals surface area contributed by atoms with Crippen molar-refractivity contribution in [2.45, 2.75) is 94.3 Å². The van der Waals surface area contributed by atoms with Gasteiger partial charge in [0.05, 0.1) is 0 Å². The van der Waals surface area contributed by atoms with Crippen molar-refractivity contribution in [1.29, 1.82) is 0 Å². The summed E-state index contributed by atoms with van der Waals surface area (Å²) >= 11 is 0. The summed E-state index contributed by atoms with van der Waals surface area (Å²) in [4.78, 5) is 24.3. The standard InChI is InChI=1S/C40H50O4/c1-27(17-13-19-29(3)21-23-33-31(5)37(43)35(41)25-39(33,7)8)15-11-12-16-28(2)18-14-20-30(4)22-24-34-32(6)38(44)36(42)26-40(34,9)10/h11-24,35-36H,25-26H2,1-10H3/q-2/b12-11+,17-13+,18-14+,23-21+,24-22+,27-15+,28-16+,29-19+,30-20+. The minimum absolute atomic E-state index is 0.287. The van der Waals surface area contributed by atoms with Crippen LogP contribution in [0.3, 0.4) is 0 Å². The summed E-state index contributed by atoms with van der Waals surface area (Å²) in [6.07, 6.45) is 26.5. The number of carbonyl (C=O) groups excluding carboxylic acids is 2. The van der Waals surface area contributed by atoms with E-state index in [1.54, 1.807) is 13.8 Å². The van der Waals surface area contributed by atoms with Gasteiger partial charge in [0.2, 0.25) is 0 Å². The molecule has 0 amide bonds. The van der Waals surface area contributed by atoms with Crippen LogP contribution >= 0.6 is 0 Å². The lowest BCUT2D eigenvalue weighted by molar-refractivity contribution is -0.408. The second-order valence-corrected chi connectivity index (χ2v) is 13.4. The third-order valence-corrected chi connectivity index (χ3v) is 8.27. The number of allylic oxidation sites excluding steroid dienone is 20. The topological polar surface area (TPSA) is 80.3 Å². The number of hydrogen-bond acceptors (Lipinski definition) is 4. The van der Waals surface area contributed by atoms with Crippen LogP contribution in [0.25, 0.3) is 0 Å². The van der Waals surface area contributed by atoms with Crippen molar-refractivity contribution in [2.24, 2.45) is 10.8 Å². The summed E-state index contributed by atoms with van der Waals surface area (Å²) in [5.41, 5.74) is 6.76. The van der Waals surface area contributed by atoms with Gasteiger partial charge < -0.3 is 10.2 Å². The van der Waals surface area contributed by atoms with E-state index in [1.165, 1.54) is 0 Å². The molecule has 2 rings (SSSR count). The molecule has 0 fully saturated rings. The van der Waals surface area contributed by atoms with Crippen molar-refractivity contribution in [2.75, 3.05) is 0 Å². The summed E-state index contributed by atoms with van der Waals surface area (Å²) < 4.78 is 0. The summed E-state index contributed by atoms with van der Waals surface area (Å²) in [5, 5.41) is 24.0. The highest BCUT2D eigenvalue weighted by atomic mass is 16.3. The predicted molar refractivity (Wildman–Crippen MR) is 181 cm³/mol. The van der Waals surface area contributed by atoms with Crippen molar-refractivity contribution in [1.82, 2.24) is 0 Å². The maximum atomic E-state index is 12.2. The highest BCUT2D eigenvalue weighted by molar-refractivity contribution is 6.00. The van der Waals surface area contributed by atoms with Crippen molar-refractivity contribution in [3.63, 3.8) is 0 Å². The Bertz CT molecular complexity index is 1340. The highest BCUT2D eigenvalue weighted by Crippen LogP contribution is 2.40. The fourth-order valence-corrected chi connectivity index (χ4v) is 5.57. The number of Topliss-reactive ketones (excluding diaryl/α,β-unsaturated/α-hetero) is 2. The summed E-state index contributed by atoms with van der Waals surface area (Å²) in [6, 6.07) is 0. The first-order valence-electron chi connectivity index (χ1n) is 15.4. The monoisotopic (exact) mass is 594 g/mol. The molecule has 2 atom stereocenters. The van der Waals surface area contributed by atoms with Gasteiger partial charge in [-0.1, -0.05) is 147 Å². The Hall–Kier alpha value is -3.60. The van der Waals surface area contributed by atoms with Gasteiger partial charge in [-0.15, -0.1) is 0 Å². The summed E-state index contributed by atoms with van der Waals surface area (Å²) in [6.45, 7) is 19.7. The van der Waals surface area contributed by atoms with Crippen LogP contribution in [0.5, 0.6) is 0 Å². The average molecular weight is 595 g/mol. The molecule has 0 aromatic heterocycles. The highest BCUT2D eigenvalue weighted by Gasteiger charge is 2.33. The molecule has 2 aliphatic carbocycles. The molecule has 4 nitrogen and oxygen atoms in total. The maximum Gasteiger partial charge on any atom is 0.145 e. The molecule has 44 heavy (non-hydrogen) atoms. The van der Waals surface area contributed by atoms with Crippen LogP contribution in [0.4, 0.5) is 0 Å². The molecule has 236 valence electrons. The molecular formula is C40H50O4-2. The molecule has 0 spiro atoms. The molecule has 0 radical (unpaired) electrons. The second-order valence-electron chi connectivity index (χ2n) is 13.4. The van der Waals surface area contributed by atoms with Gasteiger partial charge in [0.1, 0.15) is 11.6 Å². The Morgan fingerprint density at radius 3 is 1.20 bits per heavy atom. The molecular weight excluding hydrogens is 544 g/mol. The molecule has 2 unspecified atom stereocenters. The molecule has 0 aromatic rings. The fourth-order valence-electron chi connectivity index (χ4n) is 5.57. The molecule has 0 bridgehead atoms. The smallest absolute Gasteiger partial charge is 0.145 e. The normalized spacial score (nSPS) is 24.5. The van der Waals surface area contributed by atoms with Crippen LogP contribution in [0.2, 0.25) is 0 Å². The molecule has 0 N–H and O–H groups in total. The Kier molecular flexibility index (Phi) is 13.2. The van der Waals surface area contributed by atoms with Crippen LogP contribution < -0.4 is 10.2 Å². The quantitative estimate of drug-likeness (QED) is 0.244. The lowest BCUT2D eigenvalue weighted by atomic mass is 9.71. The van der Waals surface area contributed by atoms with Crippen molar-refractivity contribution < 1.29 is 19.8 Å². The van der Waals surface area contributed by atoms with Gasteiger partial charge in [0, 0.05) is 0 Å². The third kappa shape index (κ3) is 10.5. The van der Waals surface area contributed by atoms with Crippen LogP contribution in [0.15, 0.2) is 130 Å². The Morgan fingerprint density at radius 2 is 0.864 bits per heavy atom. The van der Waals surface area contributed by atoms with Gasteiger partial charge in [-0.25, -0.2) is 0 Å². The SMILES string of the molecule is CC1=C(/C=C/C(C)=C/C=C/C(C)=C/C=C/C=C(C)/C=C/C=C(C)/C=C/C2=C(C)C(=O)C([O-])CC2(C)C)C(C)(C)CC([O-])C1=O. The van der Waals surface area contributed by atoms with Crippen LogP contribution in [0, 0.1) is 10.8 Å². The van der Waals surface area contributed by atoms with Gasteiger partial charge >= 0.3 is 0 Å². The largest absolute Gasteiger partial charge is 0.846 e. The van der Waals surface area contributed by atoms with E-state index >= 15 is 0 Å². The zero-order chi connectivity index (χ0) is 33.2. The molecule has 2 aliphatic rings. The number of rotatable bonds is 10. The van der Waals surface area contributed by atoms with E-state index in [0.29, 0.717) is 24.0 Å². The molecule has 0 saturated carbocycles. The van der Waals surface area contributed by atoms with Crippen LogP contribution in [-0.4, -0.2) is 23.8 Å². The van der Waals surface area contributed by atoms with Gasteiger partial charge in [0.15, 0.2) is 0 Å². The number of carbonyl (C=O) groups is 2. The van der Waals surface area contributed by atoms with E-state index in [9.17, 15) is 19.8 Å². The third-order valence-electron chi connectivity index (χ3n) is 8.27. The zero-order valence-electron chi connectivity index (χ0n) is 28.3. The van der Waals surface area contributed by atoms with E-state index in [2.05, 4.69) is 0 Å². The van der Waals surface area contributed by atoms with Crippen molar-refractivity contribution in [3.8, 4) is 0 Å². The van der Waals surface area contributed by atoms with E-state index in [4.69, 9.17) is 0 Å². The molecule has 0 saturated heterocycles. The summed E-state index contributed by atoms with van der Waals surface area (Å²) in [7, 11) is 0. The first-order chi connectivity index (χ1) is 20.5. The second kappa shape index (κ2) is 15.9. The van der Waals surface area contributed by atoms with E-state index in [0.717, 1.165) is 33.4 Å². The fraction of sp³-hybridized carbons (Fsp3) is 0.400. The Balaban J connectivity index is 1.95. The van der Waals surface area contributed by atoms with Crippen LogP contribution in [0.1, 0.15) is 82.1 Å². The average Bonchev–Trinajstić information content (AvgIpc) is 2.92. The Labute approximate surface area is 265 Å². The van der Waals surface area contributed by atoms with Crippen LogP contribution in [-0.2, 0) is 9.59 Å². The van der Waals surface area contributed by atoms with Gasteiger partial charge in [-0.3, -0.25) is 9.59 Å². The first-order valence-corrected chi connectivity index (χ1v) is 15.4. The van der Waals surface area contributed by atoms with Crippen molar-refractivity contribution in [3.05, 3.63) is 130 Å². The van der Waals surface area contributed by atoms with Gasteiger partial charge in [0.25, 0.3) is 0 Å². The molecule has 0 heterocycles. The molecule has 0 aliphatic heterocycles. The van der Waals surface area contributed by atoms with Gasteiger partial charge in [-0.05, 0) is 87.5 Å². The lowest BCUT2D eigenvalue weighted by Gasteiger charge is -2.39. The zero-order valence-corrected chi connectivity index (χ0v) is 28.3. The van der Waals surface area contributed by atoms with E-state index in [-0.39, 0.29) is 22.4 Å². The van der Waals surface area contributed by atoms with Gasteiger partial charge in [-0.2, -0.15) is 0 Å². The Morgan fingerprint density at radius 1 is 0.568 bits per heavy atom. The minimum Gasteiger partial charge on any atom is -0.846 e. The molecule has 0 aromatic carbocycles. The number of hydrogen-bond donors (Lipinski definition) is 0. The lowest BCUT2D eigenvalue weighted by Crippen LogP contribution is -2.43. The van der Waals surface area contributed by atoms with E-state index in [1.807, 2.05) is 140 Å².